The van der Waals surface area contributed by atoms with Gasteiger partial charge in [0.15, 0.2) is 0 Å². The minimum atomic E-state index is -1.19. The van der Waals surface area contributed by atoms with Crippen LogP contribution in [-0.4, -0.2) is 40.5 Å². The minimum Gasteiger partial charge on any atom is -0.480 e. The molecule has 1 saturated carbocycles. The molecule has 1 rings (SSSR count). The molecule has 0 saturated heterocycles. The Morgan fingerprint density at radius 1 is 1.29 bits per heavy atom. The molecular formula is C12H22N2O3. The molecule has 0 aromatic carbocycles. The van der Waals surface area contributed by atoms with E-state index in [4.69, 9.17) is 10.8 Å². The molecule has 5 nitrogen and oxygen atoms in total. The van der Waals surface area contributed by atoms with Crippen LogP contribution in [0.25, 0.3) is 0 Å². The Kier molecular flexibility index (Phi) is 4.14. The van der Waals surface area contributed by atoms with Gasteiger partial charge in [-0.2, -0.15) is 0 Å². The lowest BCUT2D eigenvalue weighted by Crippen LogP contribution is -2.55. The number of nitrogens with zero attached hydrogens (tertiary/aromatic N) is 1. The molecule has 0 heterocycles. The van der Waals surface area contributed by atoms with Crippen molar-refractivity contribution in [2.45, 2.75) is 51.1 Å². The van der Waals surface area contributed by atoms with Gasteiger partial charge in [0.05, 0.1) is 5.92 Å². The quantitative estimate of drug-likeness (QED) is 0.767. The normalized spacial score (nSPS) is 25.4. The molecule has 17 heavy (non-hydrogen) atoms. The molecule has 3 N–H and O–H groups in total. The fourth-order valence-corrected chi connectivity index (χ4v) is 2.13. The lowest BCUT2D eigenvalue weighted by atomic mass is 9.83. The van der Waals surface area contributed by atoms with Gasteiger partial charge in [-0.05, 0) is 26.7 Å². The lowest BCUT2D eigenvalue weighted by Gasteiger charge is -2.37. The van der Waals surface area contributed by atoms with Crippen LogP contribution < -0.4 is 5.73 Å². The van der Waals surface area contributed by atoms with Crippen molar-refractivity contribution in [3.8, 4) is 0 Å². The van der Waals surface area contributed by atoms with Gasteiger partial charge in [0.2, 0.25) is 5.91 Å². The van der Waals surface area contributed by atoms with Crippen LogP contribution in [0.4, 0.5) is 0 Å². The van der Waals surface area contributed by atoms with E-state index in [9.17, 15) is 9.59 Å². The molecule has 0 radical (unpaired) electrons. The van der Waals surface area contributed by atoms with Gasteiger partial charge in [0, 0.05) is 13.1 Å². The molecule has 0 aliphatic heterocycles. The van der Waals surface area contributed by atoms with E-state index in [-0.39, 0.29) is 17.9 Å². The third-order valence-electron chi connectivity index (χ3n) is 3.83. The Morgan fingerprint density at radius 2 is 1.82 bits per heavy atom. The van der Waals surface area contributed by atoms with E-state index >= 15 is 0 Å². The monoisotopic (exact) mass is 242 g/mol. The van der Waals surface area contributed by atoms with Crippen LogP contribution in [0.3, 0.4) is 0 Å². The predicted octanol–water partition coefficient (Wildman–Crippen LogP) is 0.825. The Morgan fingerprint density at radius 3 is 2.29 bits per heavy atom. The summed E-state index contributed by atoms with van der Waals surface area (Å²) >= 11 is 0. The highest BCUT2D eigenvalue weighted by Crippen LogP contribution is 2.26. The summed E-state index contributed by atoms with van der Waals surface area (Å²) in [5.74, 6) is -1.38. The molecule has 2 unspecified atom stereocenters. The molecule has 0 aromatic rings. The van der Waals surface area contributed by atoms with Crippen LogP contribution >= 0.6 is 0 Å². The van der Waals surface area contributed by atoms with Gasteiger partial charge >= 0.3 is 5.97 Å². The van der Waals surface area contributed by atoms with Crippen molar-refractivity contribution in [1.29, 1.82) is 0 Å². The van der Waals surface area contributed by atoms with Gasteiger partial charge < -0.3 is 15.7 Å². The number of carboxylic acids is 1. The topological polar surface area (TPSA) is 83.6 Å². The number of rotatable bonds is 3. The van der Waals surface area contributed by atoms with Crippen LogP contribution in [0, 0.1) is 5.92 Å². The summed E-state index contributed by atoms with van der Waals surface area (Å²) in [5.41, 5.74) is 4.76. The van der Waals surface area contributed by atoms with Gasteiger partial charge in [-0.3, -0.25) is 4.79 Å². The van der Waals surface area contributed by atoms with Crippen molar-refractivity contribution >= 4 is 11.9 Å². The van der Waals surface area contributed by atoms with E-state index < -0.39 is 11.5 Å². The second-order valence-corrected chi connectivity index (χ2v) is 5.32. The predicted molar refractivity (Wildman–Crippen MR) is 64.4 cm³/mol. The van der Waals surface area contributed by atoms with Crippen molar-refractivity contribution in [1.82, 2.24) is 4.90 Å². The summed E-state index contributed by atoms with van der Waals surface area (Å²) in [6.45, 7) is 3.06. The van der Waals surface area contributed by atoms with E-state index in [1.807, 2.05) is 0 Å². The molecule has 5 heteroatoms. The van der Waals surface area contributed by atoms with Crippen molar-refractivity contribution < 1.29 is 14.7 Å². The Labute approximate surface area is 102 Å². The molecule has 0 spiro atoms. The summed E-state index contributed by atoms with van der Waals surface area (Å²) in [7, 11) is 1.54. The third-order valence-corrected chi connectivity index (χ3v) is 3.83. The number of hydrogen-bond acceptors (Lipinski definition) is 3. The first-order valence-electron chi connectivity index (χ1n) is 6.05. The zero-order valence-electron chi connectivity index (χ0n) is 10.8. The molecule has 0 aromatic heterocycles. The summed E-state index contributed by atoms with van der Waals surface area (Å²) < 4.78 is 0. The molecule has 1 aliphatic rings. The molecule has 1 amide bonds. The average Bonchev–Trinajstić information content (AvgIpc) is 2.27. The smallest absolute Gasteiger partial charge is 0.329 e. The third kappa shape index (κ3) is 2.77. The number of likely N-dealkylation sites (N-methyl/N-ethyl adjacent to an activating group) is 1. The molecule has 98 valence electrons. The Balaban J connectivity index is 2.78. The minimum absolute atomic E-state index is 0.136. The number of carbonyl (C=O) groups is 2. The molecule has 2 atom stereocenters. The van der Waals surface area contributed by atoms with Gasteiger partial charge in [-0.25, -0.2) is 4.79 Å². The van der Waals surface area contributed by atoms with Gasteiger partial charge in [0.1, 0.15) is 5.54 Å². The summed E-state index contributed by atoms with van der Waals surface area (Å²) in [6.07, 6.45) is 3.65. The van der Waals surface area contributed by atoms with Crippen molar-refractivity contribution in [3.05, 3.63) is 0 Å². The maximum Gasteiger partial charge on any atom is 0.329 e. The highest BCUT2D eigenvalue weighted by Gasteiger charge is 2.39. The second kappa shape index (κ2) is 5.04. The number of hydrogen-bond donors (Lipinski definition) is 2. The fourth-order valence-electron chi connectivity index (χ4n) is 2.13. The maximum absolute atomic E-state index is 12.2. The number of carboxylic acid groups (broad SMARTS) is 1. The van der Waals surface area contributed by atoms with Crippen LogP contribution in [0.5, 0.6) is 0 Å². The van der Waals surface area contributed by atoms with E-state index in [0.29, 0.717) is 0 Å². The summed E-state index contributed by atoms with van der Waals surface area (Å²) in [5, 5.41) is 9.10. The number of nitrogens with two attached hydrogens (primary N) is 1. The lowest BCUT2D eigenvalue weighted by molar-refractivity contribution is -0.157. The average molecular weight is 242 g/mol. The first-order valence-corrected chi connectivity index (χ1v) is 6.05. The highest BCUT2D eigenvalue weighted by molar-refractivity contribution is 5.87. The van der Waals surface area contributed by atoms with E-state index in [1.165, 1.54) is 25.8 Å². The van der Waals surface area contributed by atoms with Crippen LogP contribution in [-0.2, 0) is 9.59 Å². The number of amides is 1. The Hall–Kier alpha value is -1.10. The molecule has 1 fully saturated rings. The second-order valence-electron chi connectivity index (χ2n) is 5.32. The Bertz CT molecular complexity index is 315. The zero-order chi connectivity index (χ0) is 13.2. The van der Waals surface area contributed by atoms with Crippen molar-refractivity contribution in [2.24, 2.45) is 11.7 Å². The first-order chi connectivity index (χ1) is 7.78. The van der Waals surface area contributed by atoms with E-state index in [2.05, 4.69) is 0 Å². The van der Waals surface area contributed by atoms with Gasteiger partial charge in [-0.1, -0.05) is 12.8 Å². The summed E-state index contributed by atoms with van der Waals surface area (Å²) in [6, 6.07) is -0.136. The molecular weight excluding hydrogens is 220 g/mol. The van der Waals surface area contributed by atoms with Crippen LogP contribution in [0.2, 0.25) is 0 Å². The molecule has 0 bridgehead atoms. The van der Waals surface area contributed by atoms with Crippen LogP contribution in [0.15, 0.2) is 0 Å². The van der Waals surface area contributed by atoms with Gasteiger partial charge in [-0.15, -0.1) is 0 Å². The largest absolute Gasteiger partial charge is 0.480 e. The summed E-state index contributed by atoms with van der Waals surface area (Å²) in [4.78, 5) is 24.7. The standard InChI is InChI=1S/C12H22N2O3/c1-12(2,11(16)17)14(3)10(15)8-6-4-5-7-9(8)13/h8-9H,4-7,13H2,1-3H3,(H,16,17). The fraction of sp³-hybridized carbons (Fsp3) is 0.833. The van der Waals surface area contributed by atoms with Crippen LogP contribution in [0.1, 0.15) is 39.5 Å². The van der Waals surface area contributed by atoms with Gasteiger partial charge in [0.25, 0.3) is 0 Å². The van der Waals surface area contributed by atoms with Crippen molar-refractivity contribution in [3.63, 3.8) is 0 Å². The first kappa shape index (κ1) is 14.0. The zero-order valence-corrected chi connectivity index (χ0v) is 10.8. The van der Waals surface area contributed by atoms with Crippen molar-refractivity contribution in [2.75, 3.05) is 7.05 Å². The molecule has 1 aliphatic carbocycles. The number of carbonyl (C=O) groups excluding carboxylic acids is 1. The number of aliphatic carboxylic acids is 1. The SMILES string of the molecule is CN(C(=O)C1CCCCC1N)C(C)(C)C(=O)O. The maximum atomic E-state index is 12.2. The van der Waals surface area contributed by atoms with E-state index in [0.717, 1.165) is 25.7 Å². The van der Waals surface area contributed by atoms with E-state index in [1.54, 1.807) is 0 Å². The highest BCUT2D eigenvalue weighted by atomic mass is 16.4.